The van der Waals surface area contributed by atoms with Crippen LogP contribution in [0, 0.1) is 11.3 Å². The molecule has 2 aromatic rings. The van der Waals surface area contributed by atoms with Crippen LogP contribution in [0.2, 0.25) is 0 Å². The Kier molecular flexibility index (Phi) is 3.99. The van der Waals surface area contributed by atoms with E-state index in [1.165, 1.54) is 0 Å². The van der Waals surface area contributed by atoms with Gasteiger partial charge in [-0.25, -0.2) is 0 Å². The zero-order valence-electron chi connectivity index (χ0n) is 14.9. The molecule has 0 bridgehead atoms. The highest BCUT2D eigenvalue weighted by Crippen LogP contribution is 2.42. The first-order chi connectivity index (χ1) is 12.7. The second kappa shape index (κ2) is 6.37. The summed E-state index contributed by atoms with van der Waals surface area (Å²) < 4.78 is 17.1. The molecule has 2 atom stereocenters. The Hall–Kier alpha value is -1.89. The van der Waals surface area contributed by atoms with Crippen molar-refractivity contribution in [2.45, 2.75) is 0 Å². The number of nitrogens with zero attached hydrogens (tertiary/aromatic N) is 2. The monoisotopic (exact) mass is 356 g/mol. The highest BCUT2D eigenvalue weighted by molar-refractivity contribution is 5.96. The first-order valence-corrected chi connectivity index (χ1v) is 9.39. The first kappa shape index (κ1) is 16.3. The second-order valence-corrected chi connectivity index (χ2v) is 7.80. The van der Waals surface area contributed by atoms with Crippen LogP contribution >= 0.6 is 0 Å². The normalized spacial score (nSPS) is 29.4. The number of furan rings is 1. The predicted octanol–water partition coefficient (Wildman–Crippen LogP) is 1.85. The van der Waals surface area contributed by atoms with Crippen LogP contribution in [0.25, 0.3) is 11.0 Å². The summed E-state index contributed by atoms with van der Waals surface area (Å²) in [6.07, 6.45) is 0. The molecule has 0 saturated carbocycles. The van der Waals surface area contributed by atoms with Crippen LogP contribution in [-0.2, 0) is 9.47 Å². The van der Waals surface area contributed by atoms with Crippen LogP contribution in [0.4, 0.5) is 0 Å². The van der Waals surface area contributed by atoms with Crippen LogP contribution in [0.5, 0.6) is 0 Å². The van der Waals surface area contributed by atoms with E-state index in [4.69, 9.17) is 13.9 Å². The average Bonchev–Trinajstić information content (AvgIpc) is 3.33. The smallest absolute Gasteiger partial charge is 0.289 e. The summed E-state index contributed by atoms with van der Waals surface area (Å²) >= 11 is 0. The Labute approximate surface area is 152 Å². The minimum absolute atomic E-state index is 0.00282. The number of hydrogen-bond acceptors (Lipinski definition) is 5. The molecule has 26 heavy (non-hydrogen) atoms. The van der Waals surface area contributed by atoms with E-state index in [1.54, 1.807) is 0 Å². The van der Waals surface area contributed by atoms with E-state index < -0.39 is 0 Å². The van der Waals surface area contributed by atoms with Crippen molar-refractivity contribution in [3.05, 3.63) is 36.1 Å². The largest absolute Gasteiger partial charge is 0.451 e. The standard InChI is InChI=1S/C20H24N2O4/c23-19(18-9-15-3-1-2-4-17(15)26-18)22-10-16-11-25-14-20(16,13-22)12-21-5-7-24-8-6-21/h1-4,9,16H,5-8,10-14H2/t16-,20+/m1/s1. The fourth-order valence-corrected chi connectivity index (χ4v) is 4.66. The molecule has 0 spiro atoms. The van der Waals surface area contributed by atoms with Gasteiger partial charge in [0, 0.05) is 49.4 Å². The van der Waals surface area contributed by atoms with Crippen LogP contribution in [0.3, 0.4) is 0 Å². The fraction of sp³-hybridized carbons (Fsp3) is 0.550. The molecule has 6 heteroatoms. The number of rotatable bonds is 3. The van der Waals surface area contributed by atoms with Crippen molar-refractivity contribution in [1.29, 1.82) is 0 Å². The van der Waals surface area contributed by atoms with E-state index in [0.29, 0.717) is 11.7 Å². The summed E-state index contributed by atoms with van der Waals surface area (Å²) in [5.74, 6) is 0.837. The van der Waals surface area contributed by atoms with Gasteiger partial charge in [-0.05, 0) is 12.1 Å². The molecule has 5 rings (SSSR count). The first-order valence-electron chi connectivity index (χ1n) is 9.39. The Balaban J connectivity index is 1.35. The summed E-state index contributed by atoms with van der Waals surface area (Å²) in [4.78, 5) is 17.5. The van der Waals surface area contributed by atoms with Gasteiger partial charge in [-0.1, -0.05) is 18.2 Å². The van der Waals surface area contributed by atoms with Crippen molar-refractivity contribution in [1.82, 2.24) is 9.80 Å². The summed E-state index contributed by atoms with van der Waals surface area (Å²) in [5, 5.41) is 0.974. The van der Waals surface area contributed by atoms with Gasteiger partial charge in [0.05, 0.1) is 26.4 Å². The topological polar surface area (TPSA) is 55.2 Å². The number of likely N-dealkylation sites (tertiary alicyclic amines) is 1. The minimum atomic E-state index is -0.00282. The number of carbonyl (C=O) groups is 1. The predicted molar refractivity (Wildman–Crippen MR) is 96.1 cm³/mol. The summed E-state index contributed by atoms with van der Waals surface area (Å²) in [6, 6.07) is 9.62. The molecule has 3 saturated heterocycles. The van der Waals surface area contributed by atoms with Gasteiger partial charge >= 0.3 is 0 Å². The van der Waals surface area contributed by atoms with Gasteiger partial charge in [-0.15, -0.1) is 0 Å². The molecule has 0 unspecified atom stereocenters. The average molecular weight is 356 g/mol. The molecule has 0 aliphatic carbocycles. The molecule has 1 amide bonds. The molecule has 0 radical (unpaired) electrons. The third-order valence-corrected chi connectivity index (χ3v) is 6.09. The van der Waals surface area contributed by atoms with E-state index >= 15 is 0 Å². The van der Waals surface area contributed by atoms with E-state index in [2.05, 4.69) is 4.90 Å². The lowest BCUT2D eigenvalue weighted by Crippen LogP contribution is -2.47. The number of fused-ring (bicyclic) bond motifs is 2. The molecule has 1 aromatic heterocycles. The van der Waals surface area contributed by atoms with Crippen LogP contribution < -0.4 is 0 Å². The van der Waals surface area contributed by atoms with E-state index in [1.807, 2.05) is 35.2 Å². The van der Waals surface area contributed by atoms with Gasteiger partial charge in [-0.3, -0.25) is 9.69 Å². The number of para-hydroxylation sites is 1. The number of amides is 1. The Morgan fingerprint density at radius 1 is 1.19 bits per heavy atom. The number of carbonyl (C=O) groups excluding carboxylic acids is 1. The van der Waals surface area contributed by atoms with Gasteiger partial charge in [-0.2, -0.15) is 0 Å². The van der Waals surface area contributed by atoms with Crippen LogP contribution in [0.1, 0.15) is 10.6 Å². The lowest BCUT2D eigenvalue weighted by atomic mass is 9.80. The van der Waals surface area contributed by atoms with Crippen molar-refractivity contribution in [3.8, 4) is 0 Å². The van der Waals surface area contributed by atoms with Gasteiger partial charge in [0.25, 0.3) is 5.91 Å². The van der Waals surface area contributed by atoms with Crippen molar-refractivity contribution in [2.75, 3.05) is 59.2 Å². The SMILES string of the molecule is O=C(c1cc2ccccc2o1)N1C[C@@H]2COC[C@]2(CN2CCOCC2)C1. The number of benzene rings is 1. The van der Waals surface area contributed by atoms with Crippen LogP contribution in [-0.4, -0.2) is 74.9 Å². The zero-order valence-corrected chi connectivity index (χ0v) is 14.9. The quantitative estimate of drug-likeness (QED) is 0.840. The third kappa shape index (κ3) is 2.73. The minimum Gasteiger partial charge on any atom is -0.451 e. The molecular weight excluding hydrogens is 332 g/mol. The zero-order chi connectivity index (χ0) is 17.6. The lowest BCUT2D eigenvalue weighted by Gasteiger charge is -2.36. The fourth-order valence-electron chi connectivity index (χ4n) is 4.66. The molecule has 1 aromatic carbocycles. The van der Waals surface area contributed by atoms with Gasteiger partial charge < -0.3 is 18.8 Å². The second-order valence-electron chi connectivity index (χ2n) is 7.80. The molecule has 138 valence electrons. The van der Waals surface area contributed by atoms with Crippen LogP contribution in [0.15, 0.2) is 34.7 Å². The van der Waals surface area contributed by atoms with Gasteiger partial charge in [0.2, 0.25) is 0 Å². The van der Waals surface area contributed by atoms with Crippen molar-refractivity contribution in [3.63, 3.8) is 0 Å². The Morgan fingerprint density at radius 2 is 2.04 bits per heavy atom. The number of morpholine rings is 1. The maximum absolute atomic E-state index is 13.0. The van der Waals surface area contributed by atoms with Gasteiger partial charge in [0.15, 0.2) is 5.76 Å². The van der Waals surface area contributed by atoms with E-state index in [9.17, 15) is 4.79 Å². The van der Waals surface area contributed by atoms with Crippen molar-refractivity contribution in [2.24, 2.45) is 11.3 Å². The van der Waals surface area contributed by atoms with E-state index in [-0.39, 0.29) is 11.3 Å². The lowest BCUT2D eigenvalue weighted by molar-refractivity contribution is 0.0103. The molecule has 0 N–H and O–H groups in total. The molecule has 3 fully saturated rings. The highest BCUT2D eigenvalue weighted by atomic mass is 16.5. The Bertz CT molecular complexity index is 780. The summed E-state index contributed by atoms with van der Waals surface area (Å²) in [7, 11) is 0. The number of hydrogen-bond donors (Lipinski definition) is 0. The van der Waals surface area contributed by atoms with Crippen molar-refractivity contribution >= 4 is 16.9 Å². The Morgan fingerprint density at radius 3 is 2.88 bits per heavy atom. The summed E-state index contributed by atoms with van der Waals surface area (Å²) in [5.41, 5.74) is 0.806. The molecular formula is C20H24N2O4. The van der Waals surface area contributed by atoms with E-state index in [0.717, 1.165) is 70.1 Å². The maximum atomic E-state index is 13.0. The molecule has 6 nitrogen and oxygen atoms in total. The van der Waals surface area contributed by atoms with Crippen molar-refractivity contribution < 1.29 is 18.7 Å². The summed E-state index contributed by atoms with van der Waals surface area (Å²) in [6.45, 7) is 7.47. The molecule has 4 heterocycles. The number of ether oxygens (including phenoxy) is 2. The molecule has 3 aliphatic heterocycles. The molecule has 3 aliphatic rings. The highest BCUT2D eigenvalue weighted by Gasteiger charge is 2.52. The maximum Gasteiger partial charge on any atom is 0.289 e. The van der Waals surface area contributed by atoms with Gasteiger partial charge in [0.1, 0.15) is 5.58 Å². The third-order valence-electron chi connectivity index (χ3n) is 6.09.